The maximum absolute atomic E-state index is 12.7. The van der Waals surface area contributed by atoms with Gasteiger partial charge in [0.25, 0.3) is 0 Å². The molecule has 5 nitrogen and oxygen atoms in total. The van der Waals surface area contributed by atoms with Gasteiger partial charge in [-0.25, -0.2) is 9.59 Å². The predicted octanol–water partition coefficient (Wildman–Crippen LogP) is 4.29. The number of carbonyl (C=O) groups excluding carboxylic acids is 1. The summed E-state index contributed by atoms with van der Waals surface area (Å²) in [6.45, 7) is 4.08. The van der Waals surface area contributed by atoms with Crippen molar-refractivity contribution in [3.8, 4) is 0 Å². The van der Waals surface area contributed by atoms with Crippen molar-refractivity contribution in [3.63, 3.8) is 0 Å². The van der Waals surface area contributed by atoms with Gasteiger partial charge in [0.05, 0.1) is 0 Å². The Hall–Kier alpha value is -3.08. The highest BCUT2D eigenvalue weighted by molar-refractivity contribution is 5.80. The number of ether oxygens (including phenoxy) is 1. The van der Waals surface area contributed by atoms with Gasteiger partial charge in [-0.1, -0.05) is 66.7 Å². The lowest BCUT2D eigenvalue weighted by molar-refractivity contribution is -0.142. The smallest absolute Gasteiger partial charge is 0.410 e. The molecule has 0 saturated heterocycles. The van der Waals surface area contributed by atoms with Crippen LogP contribution in [0.4, 0.5) is 4.79 Å². The van der Waals surface area contributed by atoms with E-state index in [0.717, 1.165) is 11.1 Å². The number of hydrogen-bond acceptors (Lipinski definition) is 3. The van der Waals surface area contributed by atoms with Crippen LogP contribution in [0.5, 0.6) is 0 Å². The van der Waals surface area contributed by atoms with Crippen molar-refractivity contribution in [2.75, 3.05) is 6.54 Å². The Labute approximate surface area is 159 Å². The summed E-state index contributed by atoms with van der Waals surface area (Å²) in [5, 5.41) is 9.73. The summed E-state index contributed by atoms with van der Waals surface area (Å²) in [5.74, 6) is -1.05. The molecular formula is C22H25NO4. The number of carbonyl (C=O) groups is 2. The molecular weight excluding hydrogens is 342 g/mol. The molecule has 1 atom stereocenters. The van der Waals surface area contributed by atoms with Crippen molar-refractivity contribution in [2.24, 2.45) is 0 Å². The van der Waals surface area contributed by atoms with Crippen LogP contribution in [0.3, 0.4) is 0 Å². The van der Waals surface area contributed by atoms with E-state index in [1.54, 1.807) is 6.08 Å². The van der Waals surface area contributed by atoms with Crippen LogP contribution in [0.2, 0.25) is 0 Å². The molecule has 5 heteroatoms. The van der Waals surface area contributed by atoms with E-state index in [0.29, 0.717) is 19.4 Å². The molecule has 2 aromatic rings. The van der Waals surface area contributed by atoms with Gasteiger partial charge in [0.2, 0.25) is 0 Å². The van der Waals surface area contributed by atoms with Crippen LogP contribution in [0.15, 0.2) is 73.3 Å². The quantitative estimate of drug-likeness (QED) is 0.502. The molecule has 1 amide bonds. The van der Waals surface area contributed by atoms with Crippen molar-refractivity contribution in [1.82, 2.24) is 4.90 Å². The van der Waals surface area contributed by atoms with E-state index in [9.17, 15) is 14.7 Å². The van der Waals surface area contributed by atoms with Crippen LogP contribution in [0, 0.1) is 0 Å². The number of carboxylic acid groups (broad SMARTS) is 1. The second kappa shape index (κ2) is 10.8. The van der Waals surface area contributed by atoms with Gasteiger partial charge < -0.3 is 9.84 Å². The molecule has 0 fully saturated rings. The standard InChI is InChI=1S/C22H25NO4/c1-2-3-10-15-23(22(26)27-17-19-13-8-5-9-14-19)20(21(24)25)16-18-11-6-4-7-12-18/h2,4-9,11-14,20H,1,3,10,15-17H2,(H,24,25)/t20-/m0/s1. The van der Waals surface area contributed by atoms with Crippen molar-refractivity contribution < 1.29 is 19.4 Å². The SMILES string of the molecule is C=CCCCN(C(=O)OCc1ccccc1)[C@@H](Cc1ccccc1)C(=O)O. The van der Waals surface area contributed by atoms with Crippen LogP contribution in [-0.4, -0.2) is 34.7 Å². The Balaban J connectivity index is 2.12. The highest BCUT2D eigenvalue weighted by Crippen LogP contribution is 2.14. The number of nitrogens with zero attached hydrogens (tertiary/aromatic N) is 1. The molecule has 0 spiro atoms. The van der Waals surface area contributed by atoms with Crippen molar-refractivity contribution in [3.05, 3.63) is 84.4 Å². The van der Waals surface area contributed by atoms with Crippen LogP contribution >= 0.6 is 0 Å². The van der Waals surface area contributed by atoms with Crippen molar-refractivity contribution in [1.29, 1.82) is 0 Å². The average Bonchev–Trinajstić information content (AvgIpc) is 2.69. The maximum Gasteiger partial charge on any atom is 0.410 e. The van der Waals surface area contributed by atoms with E-state index in [4.69, 9.17) is 4.74 Å². The fraction of sp³-hybridized carbons (Fsp3) is 0.273. The lowest BCUT2D eigenvalue weighted by Crippen LogP contribution is -2.47. The molecule has 0 aliphatic rings. The zero-order chi connectivity index (χ0) is 19.5. The summed E-state index contributed by atoms with van der Waals surface area (Å²) in [6.07, 6.45) is 2.68. The molecule has 0 aromatic heterocycles. The summed E-state index contributed by atoms with van der Waals surface area (Å²) >= 11 is 0. The molecule has 0 aliphatic heterocycles. The summed E-state index contributed by atoms with van der Waals surface area (Å²) in [7, 11) is 0. The Bertz CT molecular complexity index is 730. The van der Waals surface area contributed by atoms with Gasteiger partial charge in [-0.15, -0.1) is 6.58 Å². The number of allylic oxidation sites excluding steroid dienone is 1. The Morgan fingerprint density at radius 2 is 1.63 bits per heavy atom. The first-order chi connectivity index (χ1) is 13.1. The topological polar surface area (TPSA) is 66.8 Å². The Morgan fingerprint density at radius 3 is 2.19 bits per heavy atom. The molecule has 0 bridgehead atoms. The third kappa shape index (κ3) is 6.62. The van der Waals surface area contributed by atoms with Gasteiger partial charge in [0.15, 0.2) is 0 Å². The van der Waals surface area contributed by atoms with E-state index >= 15 is 0 Å². The molecule has 142 valence electrons. The lowest BCUT2D eigenvalue weighted by Gasteiger charge is -2.28. The third-order valence-corrected chi connectivity index (χ3v) is 4.18. The fourth-order valence-electron chi connectivity index (χ4n) is 2.75. The van der Waals surface area contributed by atoms with E-state index in [2.05, 4.69) is 6.58 Å². The number of rotatable bonds is 10. The maximum atomic E-state index is 12.7. The zero-order valence-electron chi connectivity index (χ0n) is 15.3. The molecule has 0 unspecified atom stereocenters. The largest absolute Gasteiger partial charge is 0.480 e. The molecule has 27 heavy (non-hydrogen) atoms. The molecule has 0 heterocycles. The van der Waals surface area contributed by atoms with Gasteiger partial charge in [-0.05, 0) is 24.0 Å². The average molecular weight is 367 g/mol. The number of unbranched alkanes of at least 4 members (excludes halogenated alkanes) is 1. The van der Waals surface area contributed by atoms with Crippen LogP contribution in [-0.2, 0) is 22.6 Å². The van der Waals surface area contributed by atoms with Crippen LogP contribution < -0.4 is 0 Å². The van der Waals surface area contributed by atoms with Crippen LogP contribution in [0.1, 0.15) is 24.0 Å². The first-order valence-corrected chi connectivity index (χ1v) is 8.96. The summed E-state index contributed by atoms with van der Waals surface area (Å²) in [6, 6.07) is 17.6. The van der Waals surface area contributed by atoms with Gasteiger partial charge in [0.1, 0.15) is 12.6 Å². The number of hydrogen-bond donors (Lipinski definition) is 1. The molecule has 0 radical (unpaired) electrons. The monoisotopic (exact) mass is 367 g/mol. The third-order valence-electron chi connectivity index (χ3n) is 4.18. The zero-order valence-corrected chi connectivity index (χ0v) is 15.3. The normalized spacial score (nSPS) is 11.4. The second-order valence-corrected chi connectivity index (χ2v) is 6.21. The van der Waals surface area contributed by atoms with Gasteiger partial charge in [-0.3, -0.25) is 4.90 Å². The lowest BCUT2D eigenvalue weighted by atomic mass is 10.0. The van der Waals surface area contributed by atoms with Gasteiger partial charge in [-0.2, -0.15) is 0 Å². The van der Waals surface area contributed by atoms with E-state index in [-0.39, 0.29) is 13.0 Å². The minimum atomic E-state index is -1.05. The van der Waals surface area contributed by atoms with E-state index < -0.39 is 18.1 Å². The Kier molecular flexibility index (Phi) is 8.10. The minimum absolute atomic E-state index is 0.106. The van der Waals surface area contributed by atoms with E-state index in [1.807, 2.05) is 60.7 Å². The molecule has 0 saturated carbocycles. The van der Waals surface area contributed by atoms with Crippen LogP contribution in [0.25, 0.3) is 0 Å². The molecule has 2 rings (SSSR count). The first-order valence-electron chi connectivity index (χ1n) is 8.96. The molecule has 0 aliphatic carbocycles. The minimum Gasteiger partial charge on any atom is -0.480 e. The molecule has 2 aromatic carbocycles. The van der Waals surface area contributed by atoms with E-state index in [1.165, 1.54) is 4.90 Å². The van der Waals surface area contributed by atoms with Crippen molar-refractivity contribution >= 4 is 12.1 Å². The highest BCUT2D eigenvalue weighted by Gasteiger charge is 2.30. The van der Waals surface area contributed by atoms with Crippen molar-refractivity contribution in [2.45, 2.75) is 31.9 Å². The van der Waals surface area contributed by atoms with Gasteiger partial charge >= 0.3 is 12.1 Å². The number of aliphatic carboxylic acids is 1. The first kappa shape index (κ1) is 20.2. The second-order valence-electron chi connectivity index (χ2n) is 6.21. The summed E-state index contributed by atoms with van der Waals surface area (Å²) < 4.78 is 5.39. The molecule has 1 N–H and O–H groups in total. The number of carboxylic acids is 1. The van der Waals surface area contributed by atoms with Gasteiger partial charge in [0, 0.05) is 13.0 Å². The summed E-state index contributed by atoms with van der Waals surface area (Å²) in [5.41, 5.74) is 1.71. The summed E-state index contributed by atoms with van der Waals surface area (Å²) in [4.78, 5) is 25.9. The fourth-order valence-corrected chi connectivity index (χ4v) is 2.75. The number of benzene rings is 2. The Morgan fingerprint density at radius 1 is 1.04 bits per heavy atom. The highest BCUT2D eigenvalue weighted by atomic mass is 16.6. The number of amides is 1. The predicted molar refractivity (Wildman–Crippen MR) is 104 cm³/mol.